The van der Waals surface area contributed by atoms with Gasteiger partial charge in [-0.15, -0.1) is 10.2 Å². The Morgan fingerprint density at radius 2 is 2.03 bits per heavy atom. The van der Waals surface area contributed by atoms with Crippen LogP contribution in [0.2, 0.25) is 0 Å². The summed E-state index contributed by atoms with van der Waals surface area (Å²) in [5.41, 5.74) is 4.13. The van der Waals surface area contributed by atoms with Gasteiger partial charge in [0.25, 0.3) is 11.1 Å². The third-order valence-electron chi connectivity index (χ3n) is 4.59. The number of benzene rings is 2. The molecule has 3 aromatic rings. The number of hydrogen-bond acceptors (Lipinski definition) is 6. The fraction of sp³-hybridized carbons (Fsp3) is 0.318. The van der Waals surface area contributed by atoms with Gasteiger partial charge in [0, 0.05) is 10.2 Å². The van der Waals surface area contributed by atoms with Crippen LogP contribution < -0.4 is 10.1 Å². The van der Waals surface area contributed by atoms with E-state index in [1.54, 1.807) is 0 Å². The predicted molar refractivity (Wildman–Crippen MR) is 122 cm³/mol. The monoisotopic (exact) mass is 489 g/mol. The quantitative estimate of drug-likeness (QED) is 0.398. The van der Waals surface area contributed by atoms with E-state index in [0.717, 1.165) is 32.6 Å². The van der Waals surface area contributed by atoms with Crippen molar-refractivity contribution in [3.8, 4) is 5.75 Å². The lowest BCUT2D eigenvalue weighted by molar-refractivity contribution is -0.113. The summed E-state index contributed by atoms with van der Waals surface area (Å²) in [7, 11) is 0. The summed E-state index contributed by atoms with van der Waals surface area (Å²) in [4.78, 5) is 12.4. The molecule has 0 aliphatic heterocycles. The molecule has 0 fully saturated rings. The molecule has 0 aliphatic rings. The first-order chi connectivity index (χ1) is 14.3. The van der Waals surface area contributed by atoms with E-state index in [2.05, 4.69) is 45.3 Å². The van der Waals surface area contributed by atoms with Gasteiger partial charge in [-0.05, 0) is 60.7 Å². The molecule has 0 aliphatic carbocycles. The molecule has 0 saturated heterocycles. The number of thioether (sulfide) groups is 1. The lowest BCUT2D eigenvalue weighted by atomic mass is 10.0. The minimum atomic E-state index is -0.129. The van der Waals surface area contributed by atoms with Crippen LogP contribution in [0.1, 0.15) is 42.3 Å². The van der Waals surface area contributed by atoms with Gasteiger partial charge in [0.2, 0.25) is 5.91 Å². The average Bonchev–Trinajstić information content (AvgIpc) is 3.16. The maximum atomic E-state index is 12.4. The van der Waals surface area contributed by atoms with Crippen LogP contribution in [0.25, 0.3) is 0 Å². The first-order valence-electron chi connectivity index (χ1n) is 9.57. The van der Waals surface area contributed by atoms with Gasteiger partial charge in [0.15, 0.2) is 6.61 Å². The molecule has 8 heteroatoms. The van der Waals surface area contributed by atoms with Gasteiger partial charge < -0.3 is 14.5 Å². The zero-order valence-electron chi connectivity index (χ0n) is 17.4. The topological polar surface area (TPSA) is 77.2 Å². The van der Waals surface area contributed by atoms with Crippen molar-refractivity contribution in [1.29, 1.82) is 0 Å². The first kappa shape index (κ1) is 22.4. The SMILES string of the molecule is Cc1cccc(OCc2nnc(SCC(=O)Nc3ccc(Br)cc3C(C)C)o2)c1C. The second-order valence-corrected chi connectivity index (χ2v) is 9.01. The highest BCUT2D eigenvalue weighted by molar-refractivity contribution is 9.10. The van der Waals surface area contributed by atoms with Crippen molar-refractivity contribution in [2.45, 2.75) is 45.4 Å². The van der Waals surface area contributed by atoms with Crippen LogP contribution in [0.3, 0.4) is 0 Å². The Balaban J connectivity index is 1.53. The van der Waals surface area contributed by atoms with Gasteiger partial charge >= 0.3 is 0 Å². The van der Waals surface area contributed by atoms with Crippen LogP contribution in [-0.2, 0) is 11.4 Å². The number of rotatable bonds is 8. The number of nitrogens with zero attached hydrogens (tertiary/aromatic N) is 2. The number of ether oxygens (including phenoxy) is 1. The van der Waals surface area contributed by atoms with Crippen LogP contribution in [0, 0.1) is 13.8 Å². The summed E-state index contributed by atoms with van der Waals surface area (Å²) in [6, 6.07) is 11.7. The Labute approximate surface area is 188 Å². The average molecular weight is 490 g/mol. The minimum absolute atomic E-state index is 0.129. The van der Waals surface area contributed by atoms with Crippen LogP contribution in [0.15, 0.2) is 50.5 Å². The molecule has 0 bridgehead atoms. The smallest absolute Gasteiger partial charge is 0.277 e. The number of halogens is 1. The Kier molecular flexibility index (Phi) is 7.55. The summed E-state index contributed by atoms with van der Waals surface area (Å²) in [5, 5.41) is 11.3. The molecule has 3 rings (SSSR count). The molecular formula is C22H24BrN3O3S. The number of nitrogens with one attached hydrogen (secondary N) is 1. The molecular weight excluding hydrogens is 466 g/mol. The first-order valence-corrected chi connectivity index (χ1v) is 11.3. The molecule has 30 heavy (non-hydrogen) atoms. The van der Waals surface area contributed by atoms with Crippen molar-refractivity contribution in [2.75, 3.05) is 11.1 Å². The Bertz CT molecular complexity index is 1040. The van der Waals surface area contributed by atoms with Crippen molar-refractivity contribution in [1.82, 2.24) is 10.2 Å². The van der Waals surface area contributed by atoms with Crippen LogP contribution in [-0.4, -0.2) is 21.9 Å². The van der Waals surface area contributed by atoms with Crippen molar-refractivity contribution in [2.24, 2.45) is 0 Å². The summed E-state index contributed by atoms with van der Waals surface area (Å²) in [6.45, 7) is 8.40. The molecule has 0 unspecified atom stereocenters. The number of carbonyl (C=O) groups is 1. The standard InChI is InChI=1S/C22H24BrN3O3S/c1-13(2)17-10-16(23)8-9-18(17)24-20(27)12-30-22-26-25-21(29-22)11-28-19-7-5-6-14(3)15(19)4/h5-10,13H,11-12H2,1-4H3,(H,24,27). The summed E-state index contributed by atoms with van der Waals surface area (Å²) in [6.07, 6.45) is 0. The van der Waals surface area contributed by atoms with E-state index in [1.165, 1.54) is 11.8 Å². The van der Waals surface area contributed by atoms with E-state index in [9.17, 15) is 4.79 Å². The highest BCUT2D eigenvalue weighted by Gasteiger charge is 2.14. The van der Waals surface area contributed by atoms with E-state index in [0.29, 0.717) is 17.0 Å². The lowest BCUT2D eigenvalue weighted by Gasteiger charge is -2.14. The number of aryl methyl sites for hydroxylation is 1. The number of aromatic nitrogens is 2. The molecule has 6 nitrogen and oxygen atoms in total. The number of carbonyl (C=O) groups excluding carboxylic acids is 1. The molecule has 0 radical (unpaired) electrons. The Morgan fingerprint density at radius 3 is 2.80 bits per heavy atom. The minimum Gasteiger partial charge on any atom is -0.484 e. The molecule has 158 valence electrons. The molecule has 1 N–H and O–H groups in total. The van der Waals surface area contributed by atoms with Gasteiger partial charge in [0.05, 0.1) is 5.75 Å². The molecule has 2 aromatic carbocycles. The van der Waals surface area contributed by atoms with Crippen molar-refractivity contribution < 1.29 is 13.9 Å². The van der Waals surface area contributed by atoms with E-state index in [-0.39, 0.29) is 18.3 Å². The zero-order chi connectivity index (χ0) is 21.7. The molecule has 1 amide bonds. The van der Waals surface area contributed by atoms with E-state index in [4.69, 9.17) is 9.15 Å². The zero-order valence-corrected chi connectivity index (χ0v) is 19.8. The largest absolute Gasteiger partial charge is 0.484 e. The molecule has 0 saturated carbocycles. The van der Waals surface area contributed by atoms with Crippen LogP contribution in [0.5, 0.6) is 5.75 Å². The van der Waals surface area contributed by atoms with Crippen molar-refractivity contribution in [3.63, 3.8) is 0 Å². The fourth-order valence-electron chi connectivity index (χ4n) is 2.81. The highest BCUT2D eigenvalue weighted by atomic mass is 79.9. The number of amides is 1. The second kappa shape index (κ2) is 10.1. The predicted octanol–water partition coefficient (Wildman–Crippen LogP) is 5.88. The number of anilines is 1. The van der Waals surface area contributed by atoms with Crippen molar-refractivity contribution in [3.05, 3.63) is 63.5 Å². The van der Waals surface area contributed by atoms with Crippen LogP contribution >= 0.6 is 27.7 Å². The fourth-order valence-corrected chi connectivity index (χ4v) is 3.77. The second-order valence-electron chi connectivity index (χ2n) is 7.17. The van der Waals surface area contributed by atoms with Gasteiger partial charge in [0.1, 0.15) is 5.75 Å². The summed E-state index contributed by atoms with van der Waals surface area (Å²) >= 11 is 4.67. The number of hydrogen-bond donors (Lipinski definition) is 1. The Hall–Kier alpha value is -2.32. The van der Waals surface area contributed by atoms with E-state index < -0.39 is 0 Å². The maximum absolute atomic E-state index is 12.4. The normalized spacial score (nSPS) is 11.0. The molecule has 0 atom stereocenters. The van der Waals surface area contributed by atoms with E-state index >= 15 is 0 Å². The summed E-state index contributed by atoms with van der Waals surface area (Å²) in [5.74, 6) is 1.50. The molecule has 0 spiro atoms. The maximum Gasteiger partial charge on any atom is 0.277 e. The molecule has 1 aromatic heterocycles. The summed E-state index contributed by atoms with van der Waals surface area (Å²) < 4.78 is 12.3. The van der Waals surface area contributed by atoms with Gasteiger partial charge in [-0.25, -0.2) is 0 Å². The highest BCUT2D eigenvalue weighted by Crippen LogP contribution is 2.28. The molecule has 1 heterocycles. The van der Waals surface area contributed by atoms with Gasteiger partial charge in [-0.3, -0.25) is 4.79 Å². The lowest BCUT2D eigenvalue weighted by Crippen LogP contribution is -2.15. The van der Waals surface area contributed by atoms with Gasteiger partial charge in [-0.2, -0.15) is 0 Å². The van der Waals surface area contributed by atoms with E-state index in [1.807, 2.05) is 50.2 Å². The van der Waals surface area contributed by atoms with Crippen LogP contribution in [0.4, 0.5) is 5.69 Å². The van der Waals surface area contributed by atoms with Crippen molar-refractivity contribution >= 4 is 39.3 Å². The third-order valence-corrected chi connectivity index (χ3v) is 5.90. The van der Waals surface area contributed by atoms with Gasteiger partial charge in [-0.1, -0.05) is 53.7 Å². The Morgan fingerprint density at radius 1 is 1.23 bits per heavy atom. The third kappa shape index (κ3) is 5.86.